The Balaban J connectivity index is 2.44. The van der Waals surface area contributed by atoms with Crippen molar-refractivity contribution in [2.24, 2.45) is 0 Å². The first-order chi connectivity index (χ1) is 6.77. The highest BCUT2D eigenvalue weighted by Gasteiger charge is 2.17. The number of hydrogen-bond donors (Lipinski definition) is 0. The van der Waals surface area contributed by atoms with Crippen LogP contribution in [-0.4, -0.2) is 23.8 Å². The Bertz CT molecular complexity index is 222. The van der Waals surface area contributed by atoms with E-state index in [-0.39, 0.29) is 23.8 Å². The molecule has 0 aliphatic heterocycles. The van der Waals surface area contributed by atoms with Crippen molar-refractivity contribution in [2.45, 2.75) is 31.8 Å². The van der Waals surface area contributed by atoms with Gasteiger partial charge in [0, 0.05) is 5.57 Å². The van der Waals surface area contributed by atoms with E-state index in [4.69, 9.17) is 27.9 Å². The molecular weight excluding hydrogens is 223 g/mol. The minimum atomic E-state index is -0.367. The van der Waals surface area contributed by atoms with E-state index in [9.17, 15) is 4.79 Å². The fourth-order valence-electron chi connectivity index (χ4n) is 1.35. The normalized spacial score (nSPS) is 16.6. The summed E-state index contributed by atoms with van der Waals surface area (Å²) in [6.45, 7) is 0. The average Bonchev–Trinajstić information content (AvgIpc) is 2.26. The number of esters is 1. The highest BCUT2D eigenvalue weighted by atomic mass is 35.5. The van der Waals surface area contributed by atoms with Crippen molar-refractivity contribution in [3.8, 4) is 0 Å². The molecule has 1 aliphatic rings. The van der Waals surface area contributed by atoms with E-state index in [0.717, 1.165) is 31.3 Å². The van der Waals surface area contributed by atoms with Gasteiger partial charge in [0.1, 0.15) is 6.10 Å². The fraction of sp³-hybridized carbons (Fsp3) is 0.700. The number of rotatable bonds is 4. The highest BCUT2D eigenvalue weighted by molar-refractivity contribution is 6.21. The molecule has 14 heavy (non-hydrogen) atoms. The van der Waals surface area contributed by atoms with Crippen LogP contribution in [0.2, 0.25) is 0 Å². The molecule has 0 heterocycles. The number of hydrogen-bond acceptors (Lipinski definition) is 2. The van der Waals surface area contributed by atoms with E-state index in [1.807, 2.05) is 6.08 Å². The number of allylic oxidation sites excluding steroid dienone is 1. The lowest BCUT2D eigenvalue weighted by molar-refractivity contribution is -0.142. The zero-order valence-electron chi connectivity index (χ0n) is 7.97. The van der Waals surface area contributed by atoms with Gasteiger partial charge in [-0.3, -0.25) is 0 Å². The quantitative estimate of drug-likeness (QED) is 0.555. The summed E-state index contributed by atoms with van der Waals surface area (Å²) in [5.74, 6) is 0.251. The third kappa shape index (κ3) is 3.50. The van der Waals surface area contributed by atoms with Crippen molar-refractivity contribution < 1.29 is 9.53 Å². The van der Waals surface area contributed by atoms with Gasteiger partial charge in [-0.15, -0.1) is 23.2 Å². The average molecular weight is 237 g/mol. The van der Waals surface area contributed by atoms with Crippen molar-refractivity contribution in [3.63, 3.8) is 0 Å². The van der Waals surface area contributed by atoms with Gasteiger partial charge < -0.3 is 4.74 Å². The Hall–Kier alpha value is -0.210. The maximum absolute atomic E-state index is 11.5. The predicted octanol–water partition coefficient (Wildman–Crippen LogP) is 2.88. The summed E-state index contributed by atoms with van der Waals surface area (Å²) in [6, 6.07) is 0. The lowest BCUT2D eigenvalue weighted by atomic mass is 10.00. The number of halogens is 2. The molecule has 1 rings (SSSR count). The van der Waals surface area contributed by atoms with Gasteiger partial charge in [-0.2, -0.15) is 0 Å². The molecule has 4 heteroatoms. The minimum Gasteiger partial charge on any atom is -0.456 e. The first kappa shape index (κ1) is 11.9. The van der Waals surface area contributed by atoms with Crippen LogP contribution in [0.4, 0.5) is 0 Å². The lowest BCUT2D eigenvalue weighted by Crippen LogP contribution is -2.23. The third-order valence-corrected chi connectivity index (χ3v) is 2.86. The van der Waals surface area contributed by atoms with E-state index in [1.165, 1.54) is 0 Å². The lowest BCUT2D eigenvalue weighted by Gasteiger charge is -2.16. The largest absolute Gasteiger partial charge is 0.456 e. The molecule has 0 amide bonds. The Morgan fingerprint density at radius 2 is 2.14 bits per heavy atom. The minimum absolute atomic E-state index is 0.253. The van der Waals surface area contributed by atoms with Crippen LogP contribution in [0.3, 0.4) is 0 Å². The van der Waals surface area contributed by atoms with Gasteiger partial charge >= 0.3 is 5.97 Å². The van der Waals surface area contributed by atoms with E-state index in [2.05, 4.69) is 0 Å². The number of carbonyl (C=O) groups excluding carboxylic acids is 1. The number of alkyl halides is 2. The smallest absolute Gasteiger partial charge is 0.334 e. The molecule has 80 valence electrons. The molecule has 0 fully saturated rings. The Kier molecular flexibility index (Phi) is 5.34. The summed E-state index contributed by atoms with van der Waals surface area (Å²) in [5, 5.41) is 0. The molecule has 0 unspecified atom stereocenters. The third-order valence-electron chi connectivity index (χ3n) is 2.17. The van der Waals surface area contributed by atoms with Crippen LogP contribution in [0, 0.1) is 0 Å². The predicted molar refractivity (Wildman–Crippen MR) is 57.9 cm³/mol. The molecule has 1 aliphatic carbocycles. The molecule has 0 saturated heterocycles. The van der Waals surface area contributed by atoms with Crippen molar-refractivity contribution in [1.29, 1.82) is 0 Å². The molecule has 0 aromatic carbocycles. The van der Waals surface area contributed by atoms with Gasteiger partial charge in [0.25, 0.3) is 0 Å². The maximum atomic E-state index is 11.5. The van der Waals surface area contributed by atoms with Crippen molar-refractivity contribution in [2.75, 3.05) is 11.8 Å². The first-order valence-electron chi connectivity index (χ1n) is 4.80. The summed E-state index contributed by atoms with van der Waals surface area (Å²) in [5.41, 5.74) is 0.775. The second-order valence-electron chi connectivity index (χ2n) is 3.31. The molecule has 0 N–H and O–H groups in total. The van der Waals surface area contributed by atoms with Crippen LogP contribution < -0.4 is 0 Å². The summed E-state index contributed by atoms with van der Waals surface area (Å²) in [6.07, 6.45) is 5.59. The van der Waals surface area contributed by atoms with Gasteiger partial charge in [-0.25, -0.2) is 4.79 Å². The highest BCUT2D eigenvalue weighted by Crippen LogP contribution is 2.19. The molecule has 2 nitrogen and oxygen atoms in total. The van der Waals surface area contributed by atoms with Crippen LogP contribution in [0.5, 0.6) is 0 Å². The molecule has 0 spiro atoms. The van der Waals surface area contributed by atoms with E-state index >= 15 is 0 Å². The summed E-state index contributed by atoms with van der Waals surface area (Å²) in [4.78, 5) is 11.5. The van der Waals surface area contributed by atoms with Crippen molar-refractivity contribution in [1.82, 2.24) is 0 Å². The molecule has 0 radical (unpaired) electrons. The molecule has 0 atom stereocenters. The number of ether oxygens (including phenoxy) is 1. The van der Waals surface area contributed by atoms with Crippen molar-refractivity contribution in [3.05, 3.63) is 11.6 Å². The van der Waals surface area contributed by atoms with Crippen LogP contribution in [-0.2, 0) is 9.53 Å². The second kappa shape index (κ2) is 6.31. The Labute approximate surface area is 94.2 Å². The Morgan fingerprint density at radius 1 is 1.43 bits per heavy atom. The van der Waals surface area contributed by atoms with Gasteiger partial charge in [0.2, 0.25) is 0 Å². The van der Waals surface area contributed by atoms with Crippen LogP contribution in [0.25, 0.3) is 0 Å². The molecule has 0 bridgehead atoms. The first-order valence-corrected chi connectivity index (χ1v) is 5.86. The van der Waals surface area contributed by atoms with Gasteiger partial charge in [0.15, 0.2) is 0 Å². The van der Waals surface area contributed by atoms with Crippen LogP contribution in [0.15, 0.2) is 11.6 Å². The van der Waals surface area contributed by atoms with Crippen molar-refractivity contribution >= 4 is 29.2 Å². The topological polar surface area (TPSA) is 26.3 Å². The van der Waals surface area contributed by atoms with Crippen LogP contribution in [0.1, 0.15) is 25.7 Å². The van der Waals surface area contributed by atoms with E-state index in [0.29, 0.717) is 0 Å². The standard InChI is InChI=1S/C10H14Cl2O2/c11-6-9(7-12)14-10(13)8-4-2-1-3-5-8/h4,9H,1-3,5-7H2. The van der Waals surface area contributed by atoms with Gasteiger partial charge in [0.05, 0.1) is 11.8 Å². The summed E-state index contributed by atoms with van der Waals surface area (Å²) in [7, 11) is 0. The molecule has 0 aromatic heterocycles. The number of carbonyl (C=O) groups is 1. The van der Waals surface area contributed by atoms with E-state index in [1.54, 1.807) is 0 Å². The monoisotopic (exact) mass is 236 g/mol. The zero-order chi connectivity index (χ0) is 10.4. The molecule has 0 saturated carbocycles. The van der Waals surface area contributed by atoms with E-state index < -0.39 is 0 Å². The SMILES string of the molecule is O=C(OC(CCl)CCl)C1=CCCCC1. The molecule has 0 aromatic rings. The fourth-order valence-corrected chi connectivity index (χ4v) is 1.81. The maximum Gasteiger partial charge on any atom is 0.334 e. The second-order valence-corrected chi connectivity index (χ2v) is 3.93. The van der Waals surface area contributed by atoms with Gasteiger partial charge in [-0.1, -0.05) is 6.08 Å². The summed E-state index contributed by atoms with van der Waals surface area (Å²) < 4.78 is 5.12. The van der Waals surface area contributed by atoms with Gasteiger partial charge in [-0.05, 0) is 25.7 Å². The summed E-state index contributed by atoms with van der Waals surface area (Å²) >= 11 is 11.1. The van der Waals surface area contributed by atoms with Crippen LogP contribution >= 0.6 is 23.2 Å². The zero-order valence-corrected chi connectivity index (χ0v) is 9.48. The molecular formula is C10H14Cl2O2. The Morgan fingerprint density at radius 3 is 2.64 bits per heavy atom.